The molecular weight excluding hydrogens is 278 g/mol. The molecule has 1 atom stereocenters. The van der Waals surface area contributed by atoms with Gasteiger partial charge in [-0.05, 0) is 23.6 Å². The summed E-state index contributed by atoms with van der Waals surface area (Å²) < 4.78 is 10.6. The number of aromatic nitrogens is 2. The first-order chi connectivity index (χ1) is 9.32. The molecule has 0 radical (unpaired) electrons. The molecule has 0 saturated heterocycles. The molecule has 2 aromatic rings. The second-order valence-electron chi connectivity index (χ2n) is 5.65. The van der Waals surface area contributed by atoms with E-state index < -0.39 is 0 Å². The monoisotopic (exact) mass is 295 g/mol. The summed E-state index contributed by atoms with van der Waals surface area (Å²) in [5.41, 5.74) is 6.62. The molecule has 1 heterocycles. The summed E-state index contributed by atoms with van der Waals surface area (Å²) in [6.45, 7) is 6.06. The van der Waals surface area contributed by atoms with Crippen LogP contribution in [0.1, 0.15) is 32.6 Å². The van der Waals surface area contributed by atoms with Gasteiger partial charge in [0.1, 0.15) is 5.75 Å². The molecule has 5 nitrogen and oxygen atoms in total. The zero-order valence-corrected chi connectivity index (χ0v) is 12.7. The molecule has 1 aromatic heterocycles. The minimum atomic E-state index is -0.315. The number of halogens is 1. The number of methoxy groups -OCH3 is 1. The zero-order valence-electron chi connectivity index (χ0n) is 12.0. The minimum absolute atomic E-state index is 0.153. The lowest BCUT2D eigenvalue weighted by atomic mass is 9.87. The molecule has 0 spiro atoms. The molecule has 108 valence electrons. The maximum Gasteiger partial charge on any atom is 0.261 e. The first-order valence-corrected chi connectivity index (χ1v) is 6.64. The largest absolute Gasteiger partial charge is 0.496 e. The minimum Gasteiger partial charge on any atom is -0.496 e. The normalized spacial score (nSPS) is 13.3. The van der Waals surface area contributed by atoms with Crippen LogP contribution in [0.4, 0.5) is 0 Å². The Hall–Kier alpha value is -1.59. The van der Waals surface area contributed by atoms with Crippen LogP contribution in [0.15, 0.2) is 22.7 Å². The highest BCUT2D eigenvalue weighted by Gasteiger charge is 2.27. The van der Waals surface area contributed by atoms with Crippen LogP contribution in [0.5, 0.6) is 5.75 Å². The van der Waals surface area contributed by atoms with Crippen LogP contribution >= 0.6 is 11.6 Å². The molecule has 0 aliphatic rings. The average Bonchev–Trinajstić information content (AvgIpc) is 2.86. The molecule has 0 bridgehead atoms. The highest BCUT2D eigenvalue weighted by atomic mass is 35.5. The topological polar surface area (TPSA) is 74.2 Å². The Morgan fingerprint density at radius 3 is 2.65 bits per heavy atom. The van der Waals surface area contributed by atoms with Crippen molar-refractivity contribution in [3.8, 4) is 17.2 Å². The quantitative estimate of drug-likeness (QED) is 0.939. The van der Waals surface area contributed by atoms with Gasteiger partial charge in [-0.1, -0.05) is 37.5 Å². The van der Waals surface area contributed by atoms with E-state index in [-0.39, 0.29) is 11.5 Å². The number of nitrogens with two attached hydrogens (primary N) is 1. The number of hydrogen-bond acceptors (Lipinski definition) is 5. The Bertz CT molecular complexity index is 605. The SMILES string of the molecule is COc1ccc(Cl)cc1-c1nc(C(N)C(C)(C)C)no1. The Labute approximate surface area is 123 Å². The first-order valence-electron chi connectivity index (χ1n) is 6.26. The van der Waals surface area contributed by atoms with Crippen LogP contribution in [0, 0.1) is 5.41 Å². The summed E-state index contributed by atoms with van der Waals surface area (Å²) in [6.07, 6.45) is 0. The molecule has 0 aliphatic heterocycles. The van der Waals surface area contributed by atoms with Gasteiger partial charge in [0.25, 0.3) is 5.89 Å². The molecule has 1 aromatic carbocycles. The summed E-state index contributed by atoms with van der Waals surface area (Å²) in [4.78, 5) is 4.36. The van der Waals surface area contributed by atoms with E-state index in [1.54, 1.807) is 25.3 Å². The van der Waals surface area contributed by atoms with Crippen molar-refractivity contribution in [2.75, 3.05) is 7.11 Å². The molecule has 0 fully saturated rings. The van der Waals surface area contributed by atoms with Crippen LogP contribution in [0.3, 0.4) is 0 Å². The smallest absolute Gasteiger partial charge is 0.261 e. The van der Waals surface area contributed by atoms with E-state index in [1.807, 2.05) is 20.8 Å². The second kappa shape index (κ2) is 5.42. The predicted molar refractivity (Wildman–Crippen MR) is 77.7 cm³/mol. The third-order valence-electron chi connectivity index (χ3n) is 3.04. The maximum atomic E-state index is 6.12. The predicted octanol–water partition coefficient (Wildman–Crippen LogP) is 3.44. The maximum absolute atomic E-state index is 6.12. The van der Waals surface area contributed by atoms with E-state index in [9.17, 15) is 0 Å². The van der Waals surface area contributed by atoms with Gasteiger partial charge in [-0.25, -0.2) is 0 Å². The van der Waals surface area contributed by atoms with E-state index in [2.05, 4.69) is 10.1 Å². The van der Waals surface area contributed by atoms with Crippen LogP contribution in [0.25, 0.3) is 11.5 Å². The van der Waals surface area contributed by atoms with Crippen LogP contribution in [-0.2, 0) is 0 Å². The van der Waals surface area contributed by atoms with Gasteiger partial charge in [-0.2, -0.15) is 4.98 Å². The zero-order chi connectivity index (χ0) is 14.9. The van der Waals surface area contributed by atoms with E-state index >= 15 is 0 Å². The fraction of sp³-hybridized carbons (Fsp3) is 0.429. The summed E-state index contributed by atoms with van der Waals surface area (Å²) >= 11 is 6.00. The fourth-order valence-electron chi connectivity index (χ4n) is 1.71. The molecule has 20 heavy (non-hydrogen) atoms. The van der Waals surface area contributed by atoms with Crippen molar-refractivity contribution in [3.63, 3.8) is 0 Å². The molecule has 0 aliphatic carbocycles. The highest BCUT2D eigenvalue weighted by Crippen LogP contribution is 2.34. The van der Waals surface area contributed by atoms with E-state index in [0.717, 1.165) is 0 Å². The van der Waals surface area contributed by atoms with Crippen LogP contribution in [-0.4, -0.2) is 17.3 Å². The lowest BCUT2D eigenvalue weighted by Gasteiger charge is -2.23. The van der Waals surface area contributed by atoms with Crippen molar-refractivity contribution in [1.29, 1.82) is 0 Å². The second-order valence-corrected chi connectivity index (χ2v) is 6.08. The van der Waals surface area contributed by atoms with Crippen LogP contribution < -0.4 is 10.5 Å². The van der Waals surface area contributed by atoms with Gasteiger partial charge in [0.05, 0.1) is 18.7 Å². The molecular formula is C14H18ClN3O2. The van der Waals surface area contributed by atoms with Crippen molar-refractivity contribution in [2.24, 2.45) is 11.1 Å². The standard InChI is InChI=1S/C14H18ClN3O2/c1-14(2,3)11(16)12-17-13(20-18-12)9-7-8(15)5-6-10(9)19-4/h5-7,11H,16H2,1-4H3. The van der Waals surface area contributed by atoms with Gasteiger partial charge in [0.15, 0.2) is 5.82 Å². The molecule has 0 amide bonds. The van der Waals surface area contributed by atoms with Gasteiger partial charge in [-0.15, -0.1) is 0 Å². The van der Waals surface area contributed by atoms with Gasteiger partial charge in [0.2, 0.25) is 0 Å². The van der Waals surface area contributed by atoms with Crippen molar-refractivity contribution in [2.45, 2.75) is 26.8 Å². The van der Waals surface area contributed by atoms with E-state index in [1.165, 1.54) is 0 Å². The number of benzene rings is 1. The Morgan fingerprint density at radius 2 is 2.05 bits per heavy atom. The van der Waals surface area contributed by atoms with Crippen molar-refractivity contribution in [3.05, 3.63) is 29.0 Å². The molecule has 6 heteroatoms. The summed E-state index contributed by atoms with van der Waals surface area (Å²) in [6, 6.07) is 4.90. The van der Waals surface area contributed by atoms with E-state index in [0.29, 0.717) is 28.1 Å². The Balaban J connectivity index is 2.41. The van der Waals surface area contributed by atoms with Gasteiger partial charge in [-0.3, -0.25) is 0 Å². The van der Waals surface area contributed by atoms with Crippen molar-refractivity contribution in [1.82, 2.24) is 10.1 Å². The summed E-state index contributed by atoms with van der Waals surface area (Å²) in [5.74, 6) is 1.43. The Kier molecular flexibility index (Phi) is 4.01. The van der Waals surface area contributed by atoms with Crippen molar-refractivity contribution >= 4 is 11.6 Å². The van der Waals surface area contributed by atoms with Crippen molar-refractivity contribution < 1.29 is 9.26 Å². The lowest BCUT2D eigenvalue weighted by Crippen LogP contribution is -2.27. The van der Waals surface area contributed by atoms with Gasteiger partial charge in [0, 0.05) is 5.02 Å². The molecule has 0 saturated carbocycles. The first kappa shape index (κ1) is 14.8. The average molecular weight is 296 g/mol. The molecule has 2 rings (SSSR count). The third-order valence-corrected chi connectivity index (χ3v) is 3.28. The number of nitrogens with zero attached hydrogens (tertiary/aromatic N) is 2. The summed E-state index contributed by atoms with van der Waals surface area (Å²) in [5, 5.41) is 4.52. The Morgan fingerprint density at radius 1 is 1.35 bits per heavy atom. The van der Waals surface area contributed by atoms with E-state index in [4.69, 9.17) is 26.6 Å². The highest BCUT2D eigenvalue weighted by molar-refractivity contribution is 6.30. The van der Waals surface area contributed by atoms with Gasteiger partial charge >= 0.3 is 0 Å². The number of rotatable bonds is 3. The third kappa shape index (κ3) is 2.94. The number of ether oxygens (including phenoxy) is 1. The van der Waals surface area contributed by atoms with Crippen LogP contribution in [0.2, 0.25) is 5.02 Å². The molecule has 2 N–H and O–H groups in total. The summed E-state index contributed by atoms with van der Waals surface area (Å²) in [7, 11) is 1.57. The fourth-order valence-corrected chi connectivity index (χ4v) is 1.88. The van der Waals surface area contributed by atoms with Gasteiger partial charge < -0.3 is 15.0 Å². The molecule has 1 unspecified atom stereocenters. The number of hydrogen-bond donors (Lipinski definition) is 1. The lowest BCUT2D eigenvalue weighted by molar-refractivity contribution is 0.303.